The first-order chi connectivity index (χ1) is 8.23. The molecule has 2 heterocycles. The average molecular weight is 284 g/mol. The molecule has 7 nitrogen and oxygen atoms in total. The molecule has 0 bridgehead atoms. The van der Waals surface area contributed by atoms with Crippen LogP contribution >= 0.6 is 11.3 Å². The predicted octanol–water partition coefficient (Wildman–Crippen LogP) is 0.0655. The number of nitrogens with zero attached hydrogens (tertiary/aromatic N) is 4. The monoisotopic (exact) mass is 284 g/mol. The zero-order valence-corrected chi connectivity index (χ0v) is 9.60. The van der Waals surface area contributed by atoms with E-state index < -0.39 is 34.8 Å². The van der Waals surface area contributed by atoms with E-state index in [4.69, 9.17) is 0 Å². The number of hydrogen-bond acceptors (Lipinski definition) is 6. The Bertz CT molecular complexity index is 479. The molecule has 0 radical (unpaired) electrons. The van der Waals surface area contributed by atoms with Gasteiger partial charge in [-0.3, -0.25) is 4.90 Å². The number of aliphatic hydroxyl groups excluding tert-OH is 2. The van der Waals surface area contributed by atoms with Gasteiger partial charge < -0.3 is 10.2 Å². The van der Waals surface area contributed by atoms with E-state index in [9.17, 15) is 28.2 Å². The third-order valence-corrected chi connectivity index (χ3v) is 3.27. The first-order valence-corrected chi connectivity index (χ1v) is 5.38. The van der Waals surface area contributed by atoms with Gasteiger partial charge in [-0.05, 0) is 0 Å². The Morgan fingerprint density at radius 3 is 2.28 bits per heavy atom. The number of aliphatic hydroxyl groups is 2. The Labute approximate surface area is 102 Å². The molecule has 11 heteroatoms. The van der Waals surface area contributed by atoms with Crippen LogP contribution in [0.3, 0.4) is 0 Å². The zero-order chi connectivity index (χ0) is 13.7. The number of aromatic nitrogens is 2. The summed E-state index contributed by atoms with van der Waals surface area (Å²) in [5, 5.41) is 23.3. The number of alkyl halides is 3. The van der Waals surface area contributed by atoms with Crippen molar-refractivity contribution in [1.29, 1.82) is 0 Å². The second-order valence-electron chi connectivity index (χ2n) is 3.48. The molecule has 18 heavy (non-hydrogen) atoms. The molecule has 2 N–H and O–H groups in total. The third kappa shape index (κ3) is 1.89. The molecule has 2 amide bonds. The first kappa shape index (κ1) is 13.0. The Hall–Kier alpha value is -1.46. The van der Waals surface area contributed by atoms with Crippen LogP contribution in [0.5, 0.6) is 0 Å². The Kier molecular flexibility index (Phi) is 2.91. The highest BCUT2D eigenvalue weighted by atomic mass is 32.1. The summed E-state index contributed by atoms with van der Waals surface area (Å²) in [7, 11) is 1.20. The maximum absolute atomic E-state index is 12.3. The van der Waals surface area contributed by atoms with E-state index in [2.05, 4.69) is 10.2 Å². The number of anilines is 1. The second-order valence-corrected chi connectivity index (χ2v) is 4.43. The Balaban J connectivity index is 2.33. The van der Waals surface area contributed by atoms with Gasteiger partial charge in [-0.15, -0.1) is 10.2 Å². The topological polar surface area (TPSA) is 89.8 Å². The number of urea groups is 1. The van der Waals surface area contributed by atoms with Crippen LogP contribution in [0.4, 0.5) is 23.1 Å². The smallest absolute Gasteiger partial charge is 0.369 e. The van der Waals surface area contributed by atoms with E-state index in [1.165, 1.54) is 7.05 Å². The molecular formula is C7H7F3N4O3S. The highest BCUT2D eigenvalue weighted by Crippen LogP contribution is 2.36. The summed E-state index contributed by atoms with van der Waals surface area (Å²) in [4.78, 5) is 12.9. The van der Waals surface area contributed by atoms with Gasteiger partial charge in [-0.1, -0.05) is 11.3 Å². The Morgan fingerprint density at radius 1 is 1.28 bits per heavy atom. The van der Waals surface area contributed by atoms with Crippen LogP contribution in [0.1, 0.15) is 5.01 Å². The van der Waals surface area contributed by atoms with Crippen LogP contribution in [-0.2, 0) is 6.18 Å². The van der Waals surface area contributed by atoms with Crippen LogP contribution in [0.25, 0.3) is 0 Å². The number of likely N-dealkylation sites (N-methyl/N-ethyl adjacent to an activating group) is 1. The van der Waals surface area contributed by atoms with Crippen LogP contribution in [0.2, 0.25) is 0 Å². The fourth-order valence-electron chi connectivity index (χ4n) is 1.35. The summed E-state index contributed by atoms with van der Waals surface area (Å²) in [5.74, 6) is 0. The van der Waals surface area contributed by atoms with Gasteiger partial charge in [-0.2, -0.15) is 13.2 Å². The minimum atomic E-state index is -4.67. The summed E-state index contributed by atoms with van der Waals surface area (Å²) < 4.78 is 37.0. The number of carbonyl (C=O) groups excluding carboxylic acids is 1. The lowest BCUT2D eigenvalue weighted by Gasteiger charge is -2.15. The van der Waals surface area contributed by atoms with Gasteiger partial charge in [0, 0.05) is 7.05 Å². The van der Waals surface area contributed by atoms with Crippen molar-refractivity contribution in [3.8, 4) is 0 Å². The molecule has 1 aromatic heterocycles. The predicted molar refractivity (Wildman–Crippen MR) is 52.6 cm³/mol. The van der Waals surface area contributed by atoms with Gasteiger partial charge in [0.05, 0.1) is 0 Å². The molecule has 0 saturated carbocycles. The van der Waals surface area contributed by atoms with Crippen LogP contribution < -0.4 is 4.90 Å². The maximum atomic E-state index is 12.3. The molecule has 0 aliphatic carbocycles. The molecule has 1 aliphatic rings. The van der Waals surface area contributed by atoms with E-state index in [0.717, 1.165) is 4.90 Å². The molecule has 1 fully saturated rings. The number of amides is 2. The summed E-state index contributed by atoms with van der Waals surface area (Å²) in [6.07, 6.45) is -7.89. The normalized spacial score (nSPS) is 25.1. The van der Waals surface area contributed by atoms with Crippen molar-refractivity contribution in [1.82, 2.24) is 15.1 Å². The van der Waals surface area contributed by atoms with E-state index in [0.29, 0.717) is 4.90 Å². The molecular weight excluding hydrogens is 277 g/mol. The maximum Gasteiger partial charge on any atom is 0.445 e. The Morgan fingerprint density at radius 2 is 1.89 bits per heavy atom. The molecule has 2 rings (SSSR count). The molecule has 1 aliphatic heterocycles. The minimum Gasteiger partial charge on any atom is -0.369 e. The van der Waals surface area contributed by atoms with Crippen LogP contribution in [-0.4, -0.2) is 50.8 Å². The average Bonchev–Trinajstić information content (AvgIpc) is 2.81. The molecule has 100 valence electrons. The van der Waals surface area contributed by atoms with Crippen LogP contribution in [0, 0.1) is 0 Å². The highest BCUT2D eigenvalue weighted by Gasteiger charge is 2.46. The summed E-state index contributed by atoms with van der Waals surface area (Å²) in [6.45, 7) is 0. The molecule has 2 unspecified atom stereocenters. The molecule has 0 aromatic carbocycles. The van der Waals surface area contributed by atoms with Crippen molar-refractivity contribution in [3.05, 3.63) is 5.01 Å². The molecule has 2 atom stereocenters. The van der Waals surface area contributed by atoms with Gasteiger partial charge >= 0.3 is 12.2 Å². The lowest BCUT2D eigenvalue weighted by Crippen LogP contribution is -2.36. The van der Waals surface area contributed by atoms with Gasteiger partial charge in [-0.25, -0.2) is 9.69 Å². The van der Waals surface area contributed by atoms with Crippen molar-refractivity contribution in [2.75, 3.05) is 11.9 Å². The molecule has 1 aromatic rings. The largest absolute Gasteiger partial charge is 0.445 e. The standard InChI is InChI=1S/C7H7F3N4O3S/c1-13-2(15)3(16)14(6(13)17)5-12-11-4(18-5)7(8,9)10/h2-3,15-16H,1H3. The van der Waals surface area contributed by atoms with Crippen molar-refractivity contribution in [2.45, 2.75) is 18.6 Å². The highest BCUT2D eigenvalue weighted by molar-refractivity contribution is 7.15. The lowest BCUT2D eigenvalue weighted by molar-refractivity contribution is -0.138. The zero-order valence-electron chi connectivity index (χ0n) is 8.79. The van der Waals surface area contributed by atoms with Crippen molar-refractivity contribution in [3.63, 3.8) is 0 Å². The van der Waals surface area contributed by atoms with Gasteiger partial charge in [0.2, 0.25) is 10.1 Å². The van der Waals surface area contributed by atoms with E-state index >= 15 is 0 Å². The SMILES string of the molecule is CN1C(=O)N(c2nnc(C(F)(F)F)s2)C(O)C1O. The quantitative estimate of drug-likeness (QED) is 0.761. The summed E-state index contributed by atoms with van der Waals surface area (Å²) >= 11 is 0.109. The fraction of sp³-hybridized carbons (Fsp3) is 0.571. The van der Waals surface area contributed by atoms with E-state index in [-0.39, 0.29) is 11.3 Å². The minimum absolute atomic E-state index is 0.109. The van der Waals surface area contributed by atoms with Crippen LogP contribution in [0.15, 0.2) is 0 Å². The number of halogens is 3. The second kappa shape index (κ2) is 4.03. The number of carbonyl (C=O) groups is 1. The van der Waals surface area contributed by atoms with Gasteiger partial charge in [0.1, 0.15) is 0 Å². The van der Waals surface area contributed by atoms with Crippen molar-refractivity contribution < 1.29 is 28.2 Å². The van der Waals surface area contributed by atoms with Crippen molar-refractivity contribution in [2.24, 2.45) is 0 Å². The molecule has 0 spiro atoms. The van der Waals surface area contributed by atoms with E-state index in [1.54, 1.807) is 0 Å². The van der Waals surface area contributed by atoms with Gasteiger partial charge in [0.25, 0.3) is 0 Å². The third-order valence-electron chi connectivity index (χ3n) is 2.30. The number of hydrogen-bond donors (Lipinski definition) is 2. The van der Waals surface area contributed by atoms with Crippen molar-refractivity contribution >= 4 is 22.5 Å². The summed E-state index contributed by atoms with van der Waals surface area (Å²) in [5.41, 5.74) is 0. The fourth-order valence-corrected chi connectivity index (χ4v) is 2.09. The summed E-state index contributed by atoms with van der Waals surface area (Å²) in [6, 6.07) is -0.861. The first-order valence-electron chi connectivity index (χ1n) is 4.56. The molecule has 1 saturated heterocycles. The van der Waals surface area contributed by atoms with Gasteiger partial charge in [0.15, 0.2) is 12.5 Å². The number of rotatable bonds is 1. The van der Waals surface area contributed by atoms with E-state index in [1.807, 2.05) is 0 Å². The lowest BCUT2D eigenvalue weighted by atomic mass is 10.5.